The van der Waals surface area contributed by atoms with Gasteiger partial charge in [0.25, 0.3) is 0 Å². The molecule has 1 atom stereocenters. The smallest absolute Gasteiger partial charge is 0.150 e. The van der Waals surface area contributed by atoms with Gasteiger partial charge in [-0.25, -0.2) is 0 Å². The average Bonchev–Trinajstić information content (AvgIpc) is 2.34. The summed E-state index contributed by atoms with van der Waals surface area (Å²) >= 11 is 1.88. The Morgan fingerprint density at radius 3 is 2.71 bits per heavy atom. The molecule has 2 nitrogen and oxygen atoms in total. The molecule has 1 aromatic rings. The van der Waals surface area contributed by atoms with Crippen LogP contribution in [-0.2, 0) is 0 Å². The zero-order chi connectivity index (χ0) is 12.8. The van der Waals surface area contributed by atoms with Crippen molar-refractivity contribution in [1.29, 1.82) is 0 Å². The van der Waals surface area contributed by atoms with E-state index in [1.54, 1.807) is 0 Å². The van der Waals surface area contributed by atoms with Gasteiger partial charge in [0.1, 0.15) is 6.29 Å². The van der Waals surface area contributed by atoms with Gasteiger partial charge in [-0.1, -0.05) is 0 Å². The van der Waals surface area contributed by atoms with Gasteiger partial charge in [-0.2, -0.15) is 11.8 Å². The summed E-state index contributed by atoms with van der Waals surface area (Å²) in [7, 11) is 2.11. The summed E-state index contributed by atoms with van der Waals surface area (Å²) < 4.78 is 0. The first-order valence-corrected chi connectivity index (χ1v) is 7.27. The lowest BCUT2D eigenvalue weighted by atomic mass is 10.1. The largest absolute Gasteiger partial charge is 0.372 e. The number of nitrogens with zero attached hydrogens (tertiary/aromatic N) is 1. The minimum atomic E-state index is 0.518. The van der Waals surface area contributed by atoms with Crippen LogP contribution in [0, 0.1) is 6.92 Å². The summed E-state index contributed by atoms with van der Waals surface area (Å²) in [6.07, 6.45) is 4.22. The summed E-state index contributed by atoms with van der Waals surface area (Å²) in [5.41, 5.74) is 3.00. The summed E-state index contributed by atoms with van der Waals surface area (Å²) in [5.74, 6) is 1.18. The normalized spacial score (nSPS) is 12.2. The van der Waals surface area contributed by atoms with E-state index in [9.17, 15) is 4.79 Å². The van der Waals surface area contributed by atoms with E-state index in [1.165, 1.54) is 17.9 Å². The van der Waals surface area contributed by atoms with E-state index in [0.29, 0.717) is 6.04 Å². The first-order chi connectivity index (χ1) is 8.10. The molecule has 1 rings (SSSR count). The van der Waals surface area contributed by atoms with Gasteiger partial charge in [0.2, 0.25) is 0 Å². The summed E-state index contributed by atoms with van der Waals surface area (Å²) in [4.78, 5) is 13.0. The molecule has 1 aromatic carbocycles. The molecule has 0 radical (unpaired) electrons. The SMILES string of the molecule is CSCCC(C)N(C)c1ccc(C=O)c(C)c1. The zero-order valence-corrected chi connectivity index (χ0v) is 11.9. The van der Waals surface area contributed by atoms with Crippen molar-refractivity contribution in [2.24, 2.45) is 0 Å². The van der Waals surface area contributed by atoms with E-state index in [0.717, 1.165) is 17.4 Å². The molecule has 0 saturated heterocycles. The number of benzene rings is 1. The van der Waals surface area contributed by atoms with E-state index in [1.807, 2.05) is 30.8 Å². The van der Waals surface area contributed by atoms with E-state index in [4.69, 9.17) is 0 Å². The molecule has 0 bridgehead atoms. The number of aryl methyl sites for hydroxylation is 1. The van der Waals surface area contributed by atoms with Crippen LogP contribution in [-0.4, -0.2) is 31.4 Å². The molecule has 0 aliphatic heterocycles. The van der Waals surface area contributed by atoms with E-state index < -0.39 is 0 Å². The van der Waals surface area contributed by atoms with Gasteiger partial charge in [0, 0.05) is 24.3 Å². The second-order valence-electron chi connectivity index (χ2n) is 4.40. The highest BCUT2D eigenvalue weighted by Crippen LogP contribution is 2.20. The second-order valence-corrected chi connectivity index (χ2v) is 5.39. The van der Waals surface area contributed by atoms with E-state index in [-0.39, 0.29) is 0 Å². The van der Waals surface area contributed by atoms with Crippen LogP contribution in [0.4, 0.5) is 5.69 Å². The fraction of sp³-hybridized carbons (Fsp3) is 0.500. The predicted molar refractivity (Wildman–Crippen MR) is 77.4 cm³/mol. The minimum Gasteiger partial charge on any atom is -0.372 e. The third-order valence-electron chi connectivity index (χ3n) is 3.19. The van der Waals surface area contributed by atoms with Crippen molar-refractivity contribution in [2.75, 3.05) is 24.0 Å². The van der Waals surface area contributed by atoms with Crippen LogP contribution in [0.5, 0.6) is 0 Å². The lowest BCUT2D eigenvalue weighted by Crippen LogP contribution is -2.29. The summed E-state index contributed by atoms with van der Waals surface area (Å²) in [5, 5.41) is 0. The van der Waals surface area contributed by atoms with Gasteiger partial charge in [0.05, 0.1) is 0 Å². The molecule has 0 N–H and O–H groups in total. The molecule has 0 fully saturated rings. The van der Waals surface area contributed by atoms with Gasteiger partial charge in [0.15, 0.2) is 0 Å². The Hall–Kier alpha value is -0.960. The number of hydrogen-bond acceptors (Lipinski definition) is 3. The minimum absolute atomic E-state index is 0.518. The van der Waals surface area contributed by atoms with Crippen LogP contribution in [0.25, 0.3) is 0 Å². The van der Waals surface area contributed by atoms with Crippen LogP contribution in [0.3, 0.4) is 0 Å². The van der Waals surface area contributed by atoms with Crippen molar-refractivity contribution >= 4 is 23.7 Å². The quantitative estimate of drug-likeness (QED) is 0.723. The average molecular weight is 251 g/mol. The van der Waals surface area contributed by atoms with E-state index >= 15 is 0 Å². The fourth-order valence-corrected chi connectivity index (χ4v) is 2.32. The molecule has 0 aliphatic rings. The van der Waals surface area contributed by atoms with Gasteiger partial charge in [-0.05, 0) is 56.0 Å². The highest BCUT2D eigenvalue weighted by atomic mass is 32.2. The van der Waals surface area contributed by atoms with Gasteiger partial charge < -0.3 is 4.90 Å². The monoisotopic (exact) mass is 251 g/mol. The molecule has 0 amide bonds. The van der Waals surface area contributed by atoms with E-state index in [2.05, 4.69) is 31.2 Å². The topological polar surface area (TPSA) is 20.3 Å². The zero-order valence-electron chi connectivity index (χ0n) is 11.1. The first kappa shape index (κ1) is 14.1. The first-order valence-electron chi connectivity index (χ1n) is 5.87. The van der Waals surface area contributed by atoms with Gasteiger partial charge in [-0.15, -0.1) is 0 Å². The lowest BCUT2D eigenvalue weighted by molar-refractivity contribution is 0.112. The van der Waals surface area contributed by atoms with Gasteiger partial charge in [-0.3, -0.25) is 4.79 Å². The van der Waals surface area contributed by atoms with Crippen molar-refractivity contribution < 1.29 is 4.79 Å². The van der Waals surface area contributed by atoms with Crippen LogP contribution < -0.4 is 4.90 Å². The standard InChI is InChI=1S/C14H21NOS/c1-11-9-14(6-5-13(11)10-16)15(3)12(2)7-8-17-4/h5-6,9-10,12H,7-8H2,1-4H3. The maximum atomic E-state index is 10.8. The van der Waals surface area contributed by atoms with Crippen molar-refractivity contribution in [3.05, 3.63) is 29.3 Å². The number of thioether (sulfide) groups is 1. The highest BCUT2D eigenvalue weighted by Gasteiger charge is 2.10. The maximum absolute atomic E-state index is 10.8. The third kappa shape index (κ3) is 3.77. The molecular weight excluding hydrogens is 230 g/mol. The number of carbonyl (C=O) groups is 1. The molecule has 17 heavy (non-hydrogen) atoms. The molecule has 0 saturated carbocycles. The fourth-order valence-electron chi connectivity index (χ4n) is 1.75. The molecule has 0 aliphatic carbocycles. The molecule has 3 heteroatoms. The molecule has 94 valence electrons. The maximum Gasteiger partial charge on any atom is 0.150 e. The van der Waals surface area contributed by atoms with Crippen molar-refractivity contribution in [1.82, 2.24) is 0 Å². The van der Waals surface area contributed by atoms with Crippen LogP contribution >= 0.6 is 11.8 Å². The third-order valence-corrected chi connectivity index (χ3v) is 3.83. The van der Waals surface area contributed by atoms with Crippen molar-refractivity contribution in [2.45, 2.75) is 26.3 Å². The summed E-state index contributed by atoms with van der Waals surface area (Å²) in [6, 6.07) is 6.52. The van der Waals surface area contributed by atoms with Crippen LogP contribution in [0.15, 0.2) is 18.2 Å². The number of rotatable bonds is 6. The molecule has 1 unspecified atom stereocenters. The molecule has 0 heterocycles. The Balaban J connectivity index is 2.78. The van der Waals surface area contributed by atoms with Gasteiger partial charge >= 0.3 is 0 Å². The number of hydrogen-bond donors (Lipinski definition) is 0. The molecule has 0 aromatic heterocycles. The Morgan fingerprint density at radius 1 is 1.47 bits per heavy atom. The Labute approximate surface area is 108 Å². The number of carbonyl (C=O) groups excluding carboxylic acids is 1. The molecule has 0 spiro atoms. The number of aldehydes is 1. The van der Waals surface area contributed by atoms with Crippen molar-refractivity contribution in [3.63, 3.8) is 0 Å². The van der Waals surface area contributed by atoms with Crippen LogP contribution in [0.2, 0.25) is 0 Å². The Bertz CT molecular complexity index is 378. The Morgan fingerprint density at radius 2 is 2.18 bits per heavy atom. The second kappa shape index (κ2) is 6.70. The van der Waals surface area contributed by atoms with Crippen molar-refractivity contribution in [3.8, 4) is 0 Å². The Kier molecular flexibility index (Phi) is 5.56. The lowest BCUT2D eigenvalue weighted by Gasteiger charge is -2.27. The summed E-state index contributed by atoms with van der Waals surface area (Å²) in [6.45, 7) is 4.22. The predicted octanol–water partition coefficient (Wildman–Crippen LogP) is 3.39. The van der Waals surface area contributed by atoms with Crippen LogP contribution in [0.1, 0.15) is 29.3 Å². The highest BCUT2D eigenvalue weighted by molar-refractivity contribution is 7.98. The molecular formula is C14H21NOS. The number of anilines is 1.